The Hall–Kier alpha value is -2.08. The lowest BCUT2D eigenvalue weighted by atomic mass is 9.89. The van der Waals surface area contributed by atoms with Gasteiger partial charge in [-0.05, 0) is 44.0 Å². The molecule has 3 rings (SSSR count). The van der Waals surface area contributed by atoms with Crippen molar-refractivity contribution in [3.05, 3.63) is 60.2 Å². The second-order valence-corrected chi connectivity index (χ2v) is 7.06. The molecule has 2 aromatic carbocycles. The summed E-state index contributed by atoms with van der Waals surface area (Å²) in [5, 5.41) is 3.02. The van der Waals surface area contributed by atoms with Gasteiger partial charge in [0.15, 0.2) is 0 Å². The van der Waals surface area contributed by atoms with Crippen molar-refractivity contribution in [3.63, 3.8) is 0 Å². The highest BCUT2D eigenvalue weighted by Crippen LogP contribution is 2.33. The molecule has 1 aliphatic rings. The third-order valence-electron chi connectivity index (χ3n) is 5.37. The third-order valence-corrected chi connectivity index (χ3v) is 5.37. The van der Waals surface area contributed by atoms with Gasteiger partial charge in [-0.15, -0.1) is 12.4 Å². The third kappa shape index (κ3) is 5.04. The highest BCUT2D eigenvalue weighted by atomic mass is 35.5. The van der Waals surface area contributed by atoms with E-state index in [2.05, 4.69) is 34.5 Å². The summed E-state index contributed by atoms with van der Waals surface area (Å²) in [6, 6.07) is 17.8. The lowest BCUT2D eigenvalue weighted by Gasteiger charge is -2.24. The summed E-state index contributed by atoms with van der Waals surface area (Å²) < 4.78 is 5.61. The number of benzene rings is 2. The van der Waals surface area contributed by atoms with Crippen LogP contribution in [0, 0.1) is 5.92 Å². The fourth-order valence-corrected chi connectivity index (χ4v) is 3.79. The minimum Gasteiger partial charge on any atom is -0.492 e. The van der Waals surface area contributed by atoms with E-state index in [9.17, 15) is 4.79 Å². The first kappa shape index (κ1) is 22.2. The highest BCUT2D eigenvalue weighted by Gasteiger charge is 2.36. The van der Waals surface area contributed by atoms with Crippen molar-refractivity contribution < 1.29 is 9.53 Å². The van der Waals surface area contributed by atoms with Gasteiger partial charge in [0.1, 0.15) is 5.75 Å². The lowest BCUT2D eigenvalue weighted by Crippen LogP contribution is -2.41. The Balaban J connectivity index is 0.00000280. The van der Waals surface area contributed by atoms with Crippen molar-refractivity contribution in [1.82, 2.24) is 4.90 Å². The number of rotatable bonds is 7. The first-order chi connectivity index (χ1) is 13.1. The maximum absolute atomic E-state index is 12.9. The quantitative estimate of drug-likeness (QED) is 0.742. The lowest BCUT2D eigenvalue weighted by molar-refractivity contribution is -0.120. The van der Waals surface area contributed by atoms with Crippen LogP contribution in [0.25, 0.3) is 0 Å². The van der Waals surface area contributed by atoms with E-state index in [1.54, 1.807) is 0 Å². The first-order valence-electron chi connectivity index (χ1n) is 9.65. The molecule has 1 aliphatic heterocycles. The molecule has 2 aromatic rings. The second-order valence-electron chi connectivity index (χ2n) is 7.06. The van der Waals surface area contributed by atoms with Gasteiger partial charge in [-0.2, -0.15) is 0 Å². The van der Waals surface area contributed by atoms with Gasteiger partial charge in [-0.3, -0.25) is 9.69 Å². The number of likely N-dealkylation sites (tertiary alicyclic amines) is 1. The van der Waals surface area contributed by atoms with Gasteiger partial charge in [0.05, 0.1) is 18.3 Å². The molecule has 1 saturated heterocycles. The number of carbonyl (C=O) groups is 1. The van der Waals surface area contributed by atoms with E-state index in [-0.39, 0.29) is 24.4 Å². The van der Waals surface area contributed by atoms with Gasteiger partial charge in [-0.25, -0.2) is 0 Å². The molecule has 5 nitrogen and oxygen atoms in total. The molecule has 28 heavy (non-hydrogen) atoms. The largest absolute Gasteiger partial charge is 0.492 e. The molecule has 0 aliphatic carbocycles. The summed E-state index contributed by atoms with van der Waals surface area (Å²) in [5.41, 5.74) is 8.04. The van der Waals surface area contributed by atoms with Crippen molar-refractivity contribution in [2.45, 2.75) is 25.8 Å². The average Bonchev–Trinajstić information content (AvgIpc) is 3.14. The molecular weight excluding hydrogens is 374 g/mol. The Morgan fingerprint density at radius 3 is 2.54 bits per heavy atom. The van der Waals surface area contributed by atoms with Gasteiger partial charge in [0, 0.05) is 19.0 Å². The van der Waals surface area contributed by atoms with Gasteiger partial charge in [-0.1, -0.05) is 42.5 Å². The molecule has 0 bridgehead atoms. The minimum absolute atomic E-state index is 0. The molecule has 1 unspecified atom stereocenters. The van der Waals surface area contributed by atoms with Crippen LogP contribution in [0.5, 0.6) is 5.75 Å². The molecule has 152 valence electrons. The predicted octanol–water partition coefficient (Wildman–Crippen LogP) is 3.51. The summed E-state index contributed by atoms with van der Waals surface area (Å²) in [5.74, 6) is 1.40. The maximum atomic E-state index is 12.9. The number of nitrogens with two attached hydrogens (primary N) is 1. The Kier molecular flexibility index (Phi) is 8.30. The molecule has 1 amide bonds. The van der Waals surface area contributed by atoms with Crippen molar-refractivity contribution in [2.24, 2.45) is 11.7 Å². The number of para-hydroxylation sites is 2. The van der Waals surface area contributed by atoms with Crippen LogP contribution in [0.1, 0.15) is 25.3 Å². The van der Waals surface area contributed by atoms with E-state index >= 15 is 0 Å². The van der Waals surface area contributed by atoms with Crippen LogP contribution in [-0.4, -0.2) is 43.1 Å². The predicted molar refractivity (Wildman–Crippen MR) is 116 cm³/mol. The average molecular weight is 404 g/mol. The number of ether oxygens (including phenoxy) is 1. The molecule has 1 fully saturated rings. The van der Waals surface area contributed by atoms with E-state index in [1.807, 2.05) is 44.2 Å². The van der Waals surface area contributed by atoms with Gasteiger partial charge in [0.2, 0.25) is 5.91 Å². The number of halogens is 1. The monoisotopic (exact) mass is 403 g/mol. The van der Waals surface area contributed by atoms with Gasteiger partial charge < -0.3 is 15.8 Å². The van der Waals surface area contributed by atoms with Crippen LogP contribution in [-0.2, 0) is 4.79 Å². The number of amides is 1. The van der Waals surface area contributed by atoms with E-state index in [0.29, 0.717) is 36.4 Å². The van der Waals surface area contributed by atoms with Crippen LogP contribution >= 0.6 is 12.4 Å². The Labute approximate surface area is 173 Å². The zero-order valence-corrected chi connectivity index (χ0v) is 17.3. The van der Waals surface area contributed by atoms with E-state index in [1.165, 1.54) is 5.56 Å². The van der Waals surface area contributed by atoms with Crippen molar-refractivity contribution >= 4 is 24.0 Å². The fourth-order valence-electron chi connectivity index (χ4n) is 3.79. The molecule has 1 heterocycles. The van der Waals surface area contributed by atoms with Crippen molar-refractivity contribution in [2.75, 3.05) is 31.6 Å². The van der Waals surface area contributed by atoms with Crippen LogP contribution < -0.4 is 15.8 Å². The molecule has 0 saturated carbocycles. The summed E-state index contributed by atoms with van der Waals surface area (Å²) in [7, 11) is 0. The highest BCUT2D eigenvalue weighted by molar-refractivity contribution is 5.95. The molecule has 0 aromatic heterocycles. The first-order valence-corrected chi connectivity index (χ1v) is 9.65. The summed E-state index contributed by atoms with van der Waals surface area (Å²) in [6.07, 6.45) is 0. The molecule has 3 N–H and O–H groups in total. The SMILES string of the molecule is CCOc1ccccc1NC(=O)C(C)N1C[C@@H](CN)[C@H](c2ccccc2)C1.Cl. The topological polar surface area (TPSA) is 67.6 Å². The summed E-state index contributed by atoms with van der Waals surface area (Å²) in [4.78, 5) is 15.1. The minimum atomic E-state index is -0.234. The van der Waals surface area contributed by atoms with Crippen LogP contribution in [0.3, 0.4) is 0 Å². The van der Waals surface area contributed by atoms with Gasteiger partial charge >= 0.3 is 0 Å². The summed E-state index contributed by atoms with van der Waals surface area (Å²) in [6.45, 7) is 6.75. The number of anilines is 1. The number of nitrogens with one attached hydrogen (secondary N) is 1. The number of hydrogen-bond donors (Lipinski definition) is 2. The molecule has 6 heteroatoms. The summed E-state index contributed by atoms with van der Waals surface area (Å²) >= 11 is 0. The van der Waals surface area contributed by atoms with E-state index < -0.39 is 0 Å². The van der Waals surface area contributed by atoms with Gasteiger partial charge in [0.25, 0.3) is 0 Å². The smallest absolute Gasteiger partial charge is 0.241 e. The fraction of sp³-hybridized carbons (Fsp3) is 0.409. The molecule has 0 radical (unpaired) electrons. The molecular formula is C22H30ClN3O2. The van der Waals surface area contributed by atoms with Crippen LogP contribution in [0.15, 0.2) is 54.6 Å². The normalized spacial score (nSPS) is 20.2. The molecule has 3 atom stereocenters. The van der Waals surface area contributed by atoms with Crippen LogP contribution in [0.2, 0.25) is 0 Å². The molecule has 0 spiro atoms. The van der Waals surface area contributed by atoms with Crippen LogP contribution in [0.4, 0.5) is 5.69 Å². The van der Waals surface area contributed by atoms with Crippen molar-refractivity contribution in [1.29, 1.82) is 0 Å². The zero-order chi connectivity index (χ0) is 19.2. The second kappa shape index (κ2) is 10.5. The Morgan fingerprint density at radius 1 is 1.18 bits per heavy atom. The standard InChI is InChI=1S/C22H29N3O2.ClH/c1-3-27-21-12-8-7-11-20(21)24-22(26)16(2)25-14-18(13-23)19(15-25)17-9-5-4-6-10-17;/h4-12,16,18-19H,3,13-15,23H2,1-2H3,(H,24,26);1H/t16?,18-,19+;/m1./s1. The Bertz CT molecular complexity index is 756. The zero-order valence-electron chi connectivity index (χ0n) is 16.5. The maximum Gasteiger partial charge on any atom is 0.241 e. The number of hydrogen-bond acceptors (Lipinski definition) is 4. The Morgan fingerprint density at radius 2 is 1.86 bits per heavy atom. The number of nitrogens with zero attached hydrogens (tertiary/aromatic N) is 1. The van der Waals surface area contributed by atoms with Crippen molar-refractivity contribution in [3.8, 4) is 5.75 Å². The van der Waals surface area contributed by atoms with E-state index in [4.69, 9.17) is 10.5 Å². The number of carbonyl (C=O) groups excluding carboxylic acids is 1. The van der Waals surface area contributed by atoms with E-state index in [0.717, 1.165) is 13.1 Å².